The minimum atomic E-state index is -2.55. The molecule has 9 aliphatic rings. The van der Waals surface area contributed by atoms with Gasteiger partial charge in [-0.1, -0.05) is 0 Å². The standard InChI is InChI=1S/C62H104N4O45/c1-14-31(77)41(87)45(91)58(97-14)95-13-26-50(38(84)27(54(94)98-26)63-15(2)73)106-56-29(65-17(4)75)39(85)49(24(11-72)103-56)108-60-47(93)51(109-62-53(44(90)35(81)22(9-70)102-62)111-55-28(64-16(3)74)37(83)32(78)19(6-67)99-55)36(82)25(105-60)12-96-61-52(43(89)34(80)21(8-69)101-61)110-57-30(66-18(5)76)40(86)48(23(10-71)104-57)107-59-46(92)42(88)33(79)20(7-68)100-59/h14,19-62,67-72,77-94H,6-13H2,1-5H3,(H,63,73)(H,64,74)(H,65,75)(H,66,76)/t14-,19+,20+,21+,22+,23+,24+,25+,26+,27+,28+,29+,30+,31+,32+,33-,34+,35+,36+,37+,38+,39+,40+,41+,42-,43-,44-,45-,46+,47-,48+,49+,50+,51-,52-,53-,54+,55-,56-,57-,58+,59-,60+,61-,62+/m0/s1. The van der Waals surface area contributed by atoms with E-state index in [0.29, 0.717) is 0 Å². The molecule has 0 aromatic carbocycles. The lowest BCUT2D eigenvalue weighted by Gasteiger charge is -2.51. The van der Waals surface area contributed by atoms with Gasteiger partial charge in [0.05, 0.1) is 59.0 Å². The van der Waals surface area contributed by atoms with Crippen LogP contribution in [0.4, 0.5) is 0 Å². The summed E-state index contributed by atoms with van der Waals surface area (Å²) in [6, 6.07) is -7.39. The SMILES string of the molecule is CC(=O)N[C@@H]1[C@@H](O)[C@H](O[C@@H]2O[C@H](CO)[C@@H](O[C@H]3O[C@H](CO[C@H]4O[C@H](CO)[C@@H](O)[C@H](O)[C@@H]4O[C@@H]4O[C@H](CO)[C@@H](O[C@@H]5O[C@H](CO)[C@H](O)[C@H](O)[C@H]5O)[C@H](O)[C@H]4NC(C)=O)[C@@H](O)[C@H](O[C@H]4O[C@H](CO)[C@@H](O)[C@H](O)[C@@H]4O[C@@H]4O[C@H](CO)[C@@H](O)[C@H](O)[C@H]4NC(C)=O)[C@@H]3O)[C@H](O)[C@H]2NC(C)=O)[C@@H](CO[C@@H]2O[C@@H](C)[C@@H](O)[C@@H](O)[C@@H]2O)O[C@H]1O. The van der Waals surface area contributed by atoms with Gasteiger partial charge in [0.15, 0.2) is 56.6 Å². The number of nitrogens with one attached hydrogen (secondary N) is 4. The van der Waals surface area contributed by atoms with E-state index in [1.54, 1.807) is 0 Å². The Morgan fingerprint density at radius 1 is 0.252 bits per heavy atom. The fourth-order valence-electron chi connectivity index (χ4n) is 14.3. The van der Waals surface area contributed by atoms with Gasteiger partial charge in [-0.2, -0.15) is 0 Å². The van der Waals surface area contributed by atoms with Crippen molar-refractivity contribution in [1.82, 2.24) is 21.3 Å². The van der Waals surface area contributed by atoms with Gasteiger partial charge in [0.25, 0.3) is 0 Å². The maximum atomic E-state index is 13.2. The quantitative estimate of drug-likeness (QED) is 0.0346. The summed E-state index contributed by atoms with van der Waals surface area (Å²) in [4.78, 5) is 50.9. The Labute approximate surface area is 629 Å². The molecule has 9 heterocycles. The molecular formula is C62H104N4O45. The highest BCUT2D eigenvalue weighted by molar-refractivity contribution is 5.74. The Morgan fingerprint density at radius 3 is 1.03 bits per heavy atom. The number of rotatable bonds is 28. The summed E-state index contributed by atoms with van der Waals surface area (Å²) in [5.41, 5.74) is 0. The van der Waals surface area contributed by atoms with Crippen LogP contribution >= 0.6 is 0 Å². The second-order valence-corrected chi connectivity index (χ2v) is 28.2. The number of hydrogen-bond donors (Lipinski definition) is 28. The maximum absolute atomic E-state index is 13.2. The van der Waals surface area contributed by atoms with Crippen LogP contribution in [0.25, 0.3) is 0 Å². The van der Waals surface area contributed by atoms with Crippen molar-refractivity contribution in [1.29, 1.82) is 0 Å². The molecule has 49 heteroatoms. The van der Waals surface area contributed by atoms with E-state index in [-0.39, 0.29) is 0 Å². The van der Waals surface area contributed by atoms with Crippen molar-refractivity contribution in [2.45, 2.75) is 311 Å². The summed E-state index contributed by atoms with van der Waals surface area (Å²) in [5.74, 6) is -3.59. The molecule has 49 nitrogen and oxygen atoms in total. The smallest absolute Gasteiger partial charge is 0.217 e. The first-order valence-corrected chi connectivity index (χ1v) is 35.5. The molecule has 9 rings (SSSR count). The molecule has 642 valence electrons. The van der Waals surface area contributed by atoms with Crippen molar-refractivity contribution in [2.24, 2.45) is 0 Å². The van der Waals surface area contributed by atoms with Crippen molar-refractivity contribution < 1.29 is 222 Å². The maximum Gasteiger partial charge on any atom is 0.217 e. The summed E-state index contributed by atoms with van der Waals surface area (Å²) < 4.78 is 101. The monoisotopic (exact) mass is 1620 g/mol. The van der Waals surface area contributed by atoms with E-state index in [4.69, 9.17) is 80.5 Å². The summed E-state index contributed by atoms with van der Waals surface area (Å²) in [6.07, 6.45) is -83.2. The van der Waals surface area contributed by atoms with Crippen LogP contribution in [-0.4, -0.2) is 475 Å². The van der Waals surface area contributed by atoms with Crippen molar-refractivity contribution in [3.8, 4) is 0 Å². The molecule has 9 fully saturated rings. The number of carbonyl (C=O) groups is 4. The van der Waals surface area contributed by atoms with Crippen molar-refractivity contribution in [3.63, 3.8) is 0 Å². The number of carbonyl (C=O) groups excluding carboxylic acids is 4. The predicted octanol–water partition coefficient (Wildman–Crippen LogP) is -19.0. The fourth-order valence-corrected chi connectivity index (χ4v) is 14.3. The van der Waals surface area contributed by atoms with Crippen LogP contribution < -0.4 is 21.3 Å². The Balaban J connectivity index is 1.05. The second-order valence-electron chi connectivity index (χ2n) is 28.2. The zero-order valence-electron chi connectivity index (χ0n) is 59.9. The van der Waals surface area contributed by atoms with E-state index in [2.05, 4.69) is 21.3 Å². The zero-order chi connectivity index (χ0) is 81.8. The highest BCUT2D eigenvalue weighted by Crippen LogP contribution is 2.40. The van der Waals surface area contributed by atoms with Gasteiger partial charge in [0, 0.05) is 27.7 Å². The zero-order valence-corrected chi connectivity index (χ0v) is 59.9. The minimum Gasteiger partial charge on any atom is -0.394 e. The van der Waals surface area contributed by atoms with Crippen LogP contribution in [0.3, 0.4) is 0 Å². The number of aliphatic hydroxyl groups is 24. The highest BCUT2D eigenvalue weighted by Gasteiger charge is 2.61. The summed E-state index contributed by atoms with van der Waals surface area (Å²) in [5, 5.41) is 276. The third-order valence-corrected chi connectivity index (χ3v) is 20.3. The number of hydrogen-bond acceptors (Lipinski definition) is 45. The Morgan fingerprint density at radius 2 is 0.559 bits per heavy atom. The van der Waals surface area contributed by atoms with Gasteiger partial charge in [-0.3, -0.25) is 19.2 Å². The molecule has 9 saturated heterocycles. The van der Waals surface area contributed by atoms with Gasteiger partial charge < -0.3 is 224 Å². The van der Waals surface area contributed by atoms with Crippen LogP contribution in [0, 0.1) is 0 Å². The van der Waals surface area contributed by atoms with Gasteiger partial charge >= 0.3 is 0 Å². The third-order valence-electron chi connectivity index (χ3n) is 20.3. The average Bonchev–Trinajstić information content (AvgIpc) is 0.774. The van der Waals surface area contributed by atoms with E-state index in [1.807, 2.05) is 0 Å². The topological polar surface area (TPSA) is 759 Å². The van der Waals surface area contributed by atoms with Crippen LogP contribution in [-0.2, 0) is 99.7 Å². The molecule has 0 radical (unpaired) electrons. The van der Waals surface area contributed by atoms with E-state index in [0.717, 1.165) is 27.7 Å². The summed E-state index contributed by atoms with van der Waals surface area (Å²) in [6.45, 7) is -3.36. The number of amides is 4. The van der Waals surface area contributed by atoms with Crippen LogP contribution in [0.2, 0.25) is 0 Å². The van der Waals surface area contributed by atoms with Gasteiger partial charge in [-0.15, -0.1) is 0 Å². The molecule has 0 aromatic heterocycles. The van der Waals surface area contributed by atoms with Gasteiger partial charge in [-0.25, -0.2) is 0 Å². The lowest BCUT2D eigenvalue weighted by atomic mass is 9.93. The largest absolute Gasteiger partial charge is 0.394 e. The van der Waals surface area contributed by atoms with Crippen LogP contribution in [0.15, 0.2) is 0 Å². The van der Waals surface area contributed by atoms with E-state index in [9.17, 15) is 142 Å². The molecule has 28 N–H and O–H groups in total. The Hall–Kier alpha value is -3.76. The molecule has 111 heavy (non-hydrogen) atoms. The van der Waals surface area contributed by atoms with Crippen LogP contribution in [0.1, 0.15) is 34.6 Å². The van der Waals surface area contributed by atoms with E-state index in [1.165, 1.54) is 6.92 Å². The van der Waals surface area contributed by atoms with Gasteiger partial charge in [0.2, 0.25) is 23.6 Å². The minimum absolute atomic E-state index is 0.827. The van der Waals surface area contributed by atoms with Crippen LogP contribution in [0.5, 0.6) is 0 Å². The molecule has 4 amide bonds. The number of aliphatic hydroxyl groups excluding tert-OH is 24. The summed E-state index contributed by atoms with van der Waals surface area (Å²) >= 11 is 0. The van der Waals surface area contributed by atoms with Gasteiger partial charge in [-0.05, 0) is 6.92 Å². The first-order valence-electron chi connectivity index (χ1n) is 35.5. The van der Waals surface area contributed by atoms with Gasteiger partial charge in [0.1, 0.15) is 213 Å². The lowest BCUT2D eigenvalue weighted by Crippen LogP contribution is -2.71. The molecule has 0 spiro atoms. The molecule has 9 aliphatic heterocycles. The Kier molecular flexibility index (Phi) is 32.6. The molecule has 45 atom stereocenters. The normalized spacial score (nSPS) is 49.3. The van der Waals surface area contributed by atoms with Crippen molar-refractivity contribution in [3.05, 3.63) is 0 Å². The third kappa shape index (κ3) is 20.3. The molecule has 0 aliphatic carbocycles. The molecule has 0 aromatic rings. The molecular weight excluding hydrogens is 1520 g/mol. The molecule has 0 bridgehead atoms. The van der Waals surface area contributed by atoms with E-state index >= 15 is 0 Å². The first-order chi connectivity index (χ1) is 52.4. The fraction of sp³-hybridized carbons (Fsp3) is 0.935. The predicted molar refractivity (Wildman–Crippen MR) is 342 cm³/mol. The highest BCUT2D eigenvalue weighted by atomic mass is 16.8. The second kappa shape index (κ2) is 39.7. The number of ether oxygens (including phenoxy) is 17. The first kappa shape index (κ1) is 91.1. The molecule has 0 unspecified atom stereocenters. The lowest BCUT2D eigenvalue weighted by molar-refractivity contribution is -0.396. The van der Waals surface area contributed by atoms with Crippen molar-refractivity contribution in [2.75, 3.05) is 52.9 Å². The average molecular weight is 1630 g/mol. The summed E-state index contributed by atoms with van der Waals surface area (Å²) in [7, 11) is 0. The Bertz CT molecular complexity index is 2950. The molecule has 0 saturated carbocycles. The van der Waals surface area contributed by atoms with E-state index < -0.39 is 353 Å². The van der Waals surface area contributed by atoms with Crippen molar-refractivity contribution >= 4 is 23.6 Å².